The van der Waals surface area contributed by atoms with Crippen LogP contribution in [-0.2, 0) is 0 Å². The van der Waals surface area contributed by atoms with Crippen molar-refractivity contribution in [2.75, 3.05) is 32.7 Å². The molecule has 0 aromatic heterocycles. The lowest BCUT2D eigenvalue weighted by Crippen LogP contribution is -2.36. The van der Waals surface area contributed by atoms with Crippen LogP contribution >= 0.6 is 11.6 Å². The monoisotopic (exact) mass is 283 g/mol. The molecule has 108 valence electrons. The van der Waals surface area contributed by atoms with Crippen molar-refractivity contribution in [2.24, 2.45) is 5.73 Å². The van der Waals surface area contributed by atoms with Crippen LogP contribution < -0.4 is 11.1 Å². The van der Waals surface area contributed by atoms with E-state index in [2.05, 4.69) is 37.1 Å². The molecule has 19 heavy (non-hydrogen) atoms. The van der Waals surface area contributed by atoms with Gasteiger partial charge in [0.2, 0.25) is 0 Å². The maximum Gasteiger partial charge on any atom is 0.0447 e. The number of hydrogen-bond acceptors (Lipinski definition) is 3. The summed E-state index contributed by atoms with van der Waals surface area (Å²) >= 11 is 5.99. The van der Waals surface area contributed by atoms with Gasteiger partial charge < -0.3 is 16.0 Å². The van der Waals surface area contributed by atoms with Gasteiger partial charge in [0, 0.05) is 30.7 Å². The number of nitrogens with one attached hydrogen (secondary N) is 1. The number of nitrogens with two attached hydrogens (primary N) is 1. The predicted octanol–water partition coefficient (Wildman–Crippen LogP) is 2.58. The number of aryl methyl sites for hydroxylation is 1. The van der Waals surface area contributed by atoms with Crippen molar-refractivity contribution >= 4 is 11.6 Å². The Bertz CT molecular complexity index is 378. The molecule has 1 aromatic carbocycles. The van der Waals surface area contributed by atoms with Crippen molar-refractivity contribution in [1.82, 2.24) is 10.2 Å². The van der Waals surface area contributed by atoms with Crippen molar-refractivity contribution < 1.29 is 0 Å². The van der Waals surface area contributed by atoms with Gasteiger partial charge in [-0.15, -0.1) is 0 Å². The van der Waals surface area contributed by atoms with Crippen molar-refractivity contribution in [3.63, 3.8) is 0 Å². The first-order valence-corrected chi connectivity index (χ1v) is 7.42. The largest absolute Gasteiger partial charge is 0.329 e. The minimum Gasteiger partial charge on any atom is -0.329 e. The molecule has 0 heterocycles. The van der Waals surface area contributed by atoms with Crippen LogP contribution in [0.3, 0.4) is 0 Å². The molecule has 1 aromatic rings. The second-order valence-electron chi connectivity index (χ2n) is 4.77. The van der Waals surface area contributed by atoms with E-state index < -0.39 is 0 Å². The van der Waals surface area contributed by atoms with Gasteiger partial charge in [0.05, 0.1) is 0 Å². The maximum atomic E-state index is 5.99. The first kappa shape index (κ1) is 16.4. The van der Waals surface area contributed by atoms with Gasteiger partial charge in [0.1, 0.15) is 0 Å². The number of rotatable bonds is 8. The molecule has 0 radical (unpaired) electrons. The first-order valence-electron chi connectivity index (χ1n) is 7.04. The van der Waals surface area contributed by atoms with Crippen LogP contribution in [0, 0.1) is 6.92 Å². The summed E-state index contributed by atoms with van der Waals surface area (Å²) in [5.74, 6) is 0. The van der Waals surface area contributed by atoms with Crippen molar-refractivity contribution in [1.29, 1.82) is 0 Å². The molecule has 3 N–H and O–H groups in total. The molecule has 0 aliphatic heterocycles. The molecule has 1 unspecified atom stereocenters. The average Bonchev–Trinajstić information content (AvgIpc) is 2.40. The van der Waals surface area contributed by atoms with Crippen LogP contribution in [0.25, 0.3) is 0 Å². The van der Waals surface area contributed by atoms with E-state index in [0.29, 0.717) is 6.54 Å². The molecule has 0 aliphatic carbocycles. The lowest BCUT2D eigenvalue weighted by molar-refractivity contribution is 0.296. The van der Waals surface area contributed by atoms with E-state index in [1.165, 1.54) is 11.1 Å². The van der Waals surface area contributed by atoms with Crippen LogP contribution in [0.2, 0.25) is 5.02 Å². The molecule has 0 saturated carbocycles. The Hall–Kier alpha value is -0.610. The second-order valence-corrected chi connectivity index (χ2v) is 5.21. The number of hydrogen-bond donors (Lipinski definition) is 2. The summed E-state index contributed by atoms with van der Waals surface area (Å²) in [4.78, 5) is 2.40. The lowest BCUT2D eigenvalue weighted by atomic mass is 10.0. The molecule has 3 nitrogen and oxygen atoms in total. The quantitative estimate of drug-likeness (QED) is 0.770. The summed E-state index contributed by atoms with van der Waals surface area (Å²) in [7, 11) is 0. The summed E-state index contributed by atoms with van der Waals surface area (Å²) in [6, 6.07) is 6.19. The number of benzene rings is 1. The highest BCUT2D eigenvalue weighted by Crippen LogP contribution is 2.20. The highest BCUT2D eigenvalue weighted by Gasteiger charge is 2.12. The van der Waals surface area contributed by atoms with E-state index in [1.807, 2.05) is 12.1 Å². The van der Waals surface area contributed by atoms with Gasteiger partial charge in [0.25, 0.3) is 0 Å². The highest BCUT2D eigenvalue weighted by molar-refractivity contribution is 6.30. The minimum atomic E-state index is 0.202. The maximum absolute atomic E-state index is 5.99. The van der Waals surface area contributed by atoms with Crippen molar-refractivity contribution in [2.45, 2.75) is 26.8 Å². The average molecular weight is 284 g/mol. The summed E-state index contributed by atoms with van der Waals surface area (Å²) in [5, 5.41) is 4.31. The highest BCUT2D eigenvalue weighted by atomic mass is 35.5. The van der Waals surface area contributed by atoms with Crippen LogP contribution in [0.15, 0.2) is 18.2 Å². The molecule has 0 saturated heterocycles. The summed E-state index contributed by atoms with van der Waals surface area (Å²) in [5.41, 5.74) is 8.32. The summed E-state index contributed by atoms with van der Waals surface area (Å²) < 4.78 is 0. The molecular weight excluding hydrogens is 258 g/mol. The van der Waals surface area contributed by atoms with E-state index in [4.69, 9.17) is 17.3 Å². The van der Waals surface area contributed by atoms with Gasteiger partial charge in [-0.05, 0) is 43.3 Å². The molecule has 0 spiro atoms. The zero-order chi connectivity index (χ0) is 14.3. The zero-order valence-corrected chi connectivity index (χ0v) is 13.0. The molecule has 0 fully saturated rings. The molecule has 4 heteroatoms. The Balaban J connectivity index is 2.58. The third-order valence-corrected chi connectivity index (χ3v) is 3.79. The third-order valence-electron chi connectivity index (χ3n) is 3.56. The van der Waals surface area contributed by atoms with Crippen LogP contribution in [0.4, 0.5) is 0 Å². The fourth-order valence-corrected chi connectivity index (χ4v) is 2.51. The minimum absolute atomic E-state index is 0.202. The summed E-state index contributed by atoms with van der Waals surface area (Å²) in [6.07, 6.45) is 0. The van der Waals surface area contributed by atoms with Crippen LogP contribution in [-0.4, -0.2) is 37.6 Å². The van der Waals surface area contributed by atoms with E-state index >= 15 is 0 Å². The summed E-state index contributed by atoms with van der Waals surface area (Å²) in [6.45, 7) is 11.2. The molecule has 1 rings (SSSR count). The predicted molar refractivity (Wildman–Crippen MR) is 83.8 cm³/mol. The SMILES string of the molecule is CCN(CC)CCNC(CN)c1ccc(Cl)cc1C. The third kappa shape index (κ3) is 5.11. The van der Waals surface area contributed by atoms with Gasteiger partial charge in [-0.25, -0.2) is 0 Å². The number of nitrogens with zero attached hydrogens (tertiary/aromatic N) is 1. The molecule has 0 amide bonds. The second kappa shape index (κ2) is 8.54. The standard InChI is InChI=1S/C15H26ClN3/c1-4-19(5-2)9-8-18-15(11-17)14-7-6-13(16)10-12(14)3/h6-7,10,15,18H,4-5,8-9,11,17H2,1-3H3. The Morgan fingerprint density at radius 3 is 2.53 bits per heavy atom. The fraction of sp³-hybridized carbons (Fsp3) is 0.600. The van der Waals surface area contributed by atoms with E-state index in [9.17, 15) is 0 Å². The molecule has 1 atom stereocenters. The smallest absolute Gasteiger partial charge is 0.0447 e. The Morgan fingerprint density at radius 2 is 2.00 bits per heavy atom. The zero-order valence-electron chi connectivity index (χ0n) is 12.2. The fourth-order valence-electron chi connectivity index (χ4n) is 2.29. The van der Waals surface area contributed by atoms with Crippen molar-refractivity contribution in [3.05, 3.63) is 34.3 Å². The Kier molecular flexibility index (Phi) is 7.39. The molecule has 0 bridgehead atoms. The number of likely N-dealkylation sites (N-methyl/N-ethyl adjacent to an activating group) is 1. The van der Waals surface area contributed by atoms with E-state index in [1.54, 1.807) is 0 Å². The van der Waals surface area contributed by atoms with Crippen molar-refractivity contribution in [3.8, 4) is 0 Å². The van der Waals surface area contributed by atoms with Gasteiger partial charge in [0.15, 0.2) is 0 Å². The van der Waals surface area contributed by atoms with Gasteiger partial charge in [-0.3, -0.25) is 0 Å². The first-order chi connectivity index (χ1) is 9.12. The van der Waals surface area contributed by atoms with Gasteiger partial charge in [-0.2, -0.15) is 0 Å². The number of halogens is 1. The van der Waals surface area contributed by atoms with Crippen LogP contribution in [0.5, 0.6) is 0 Å². The topological polar surface area (TPSA) is 41.3 Å². The Morgan fingerprint density at radius 1 is 1.32 bits per heavy atom. The van der Waals surface area contributed by atoms with E-state index in [0.717, 1.165) is 31.2 Å². The van der Waals surface area contributed by atoms with Crippen LogP contribution in [0.1, 0.15) is 31.0 Å². The Labute approximate surface area is 122 Å². The normalized spacial score (nSPS) is 12.9. The molecular formula is C15H26ClN3. The van der Waals surface area contributed by atoms with E-state index in [-0.39, 0.29) is 6.04 Å². The lowest BCUT2D eigenvalue weighted by Gasteiger charge is -2.23. The van der Waals surface area contributed by atoms with Gasteiger partial charge >= 0.3 is 0 Å². The van der Waals surface area contributed by atoms with Gasteiger partial charge in [-0.1, -0.05) is 31.5 Å². The molecule has 0 aliphatic rings.